The van der Waals surface area contributed by atoms with Crippen molar-refractivity contribution >= 4 is 46.4 Å². The topological polar surface area (TPSA) is 90.5 Å². The van der Waals surface area contributed by atoms with Crippen LogP contribution in [-0.2, 0) is 14.4 Å². The summed E-state index contributed by atoms with van der Waals surface area (Å²) in [4.78, 5) is 41.6. The van der Waals surface area contributed by atoms with Crippen LogP contribution in [0.15, 0.2) is 91.0 Å². The molecule has 3 N–H and O–H groups in total. The van der Waals surface area contributed by atoms with E-state index in [-0.39, 0.29) is 29.7 Å². The lowest BCUT2D eigenvalue weighted by molar-refractivity contribution is -0.133. The molecule has 7 nitrogen and oxygen atoms in total. The highest BCUT2D eigenvalue weighted by molar-refractivity contribution is 14.1. The first-order valence-corrected chi connectivity index (χ1v) is 18.2. The van der Waals surface area contributed by atoms with Crippen molar-refractivity contribution in [3.63, 3.8) is 0 Å². The van der Waals surface area contributed by atoms with Gasteiger partial charge in [-0.3, -0.25) is 14.4 Å². The first kappa shape index (κ1) is 34.8. The van der Waals surface area contributed by atoms with Crippen LogP contribution in [0.25, 0.3) is 6.08 Å². The molecule has 1 aliphatic carbocycles. The molecule has 0 spiro atoms. The van der Waals surface area contributed by atoms with E-state index in [9.17, 15) is 14.4 Å². The average molecular weight is 747 g/mol. The highest BCUT2D eigenvalue weighted by Crippen LogP contribution is 2.28. The molecule has 2 aliphatic rings. The summed E-state index contributed by atoms with van der Waals surface area (Å²) >= 11 is 2.26. The van der Waals surface area contributed by atoms with E-state index < -0.39 is 6.04 Å². The van der Waals surface area contributed by atoms with E-state index in [1.807, 2.05) is 71.6 Å². The molecule has 1 saturated carbocycles. The van der Waals surface area contributed by atoms with Gasteiger partial charge in [0, 0.05) is 54.2 Å². The molecule has 1 heterocycles. The zero-order valence-electron chi connectivity index (χ0n) is 27.1. The van der Waals surface area contributed by atoms with E-state index in [2.05, 4.69) is 62.8 Å². The molecule has 3 aromatic rings. The Kier molecular flexibility index (Phi) is 13.4. The minimum atomic E-state index is -0.469. The van der Waals surface area contributed by atoms with Crippen molar-refractivity contribution < 1.29 is 14.4 Å². The Bertz CT molecular complexity index is 1420. The van der Waals surface area contributed by atoms with E-state index in [1.54, 1.807) is 6.08 Å². The third kappa shape index (κ3) is 11.0. The summed E-state index contributed by atoms with van der Waals surface area (Å²) in [6, 6.07) is 28.1. The molecule has 1 saturated heterocycles. The summed E-state index contributed by atoms with van der Waals surface area (Å²) in [5.41, 5.74) is 3.30. The van der Waals surface area contributed by atoms with Crippen molar-refractivity contribution in [1.29, 1.82) is 0 Å². The summed E-state index contributed by atoms with van der Waals surface area (Å²) in [5, 5.41) is 9.69. The monoisotopic (exact) mass is 746 g/mol. The van der Waals surface area contributed by atoms with Crippen LogP contribution in [0.4, 0.5) is 0 Å². The molecule has 0 unspecified atom stereocenters. The molecule has 8 heteroatoms. The van der Waals surface area contributed by atoms with Gasteiger partial charge in [0.05, 0.1) is 6.04 Å². The fourth-order valence-corrected chi connectivity index (χ4v) is 7.09. The number of carbonyl (C=O) groups is 3. The van der Waals surface area contributed by atoms with Crippen molar-refractivity contribution in [2.75, 3.05) is 26.2 Å². The highest BCUT2D eigenvalue weighted by Gasteiger charge is 2.32. The van der Waals surface area contributed by atoms with Crippen LogP contribution < -0.4 is 16.0 Å². The van der Waals surface area contributed by atoms with Crippen LogP contribution >= 0.6 is 22.6 Å². The number of amides is 3. The predicted molar refractivity (Wildman–Crippen MR) is 197 cm³/mol. The third-order valence-corrected chi connectivity index (χ3v) is 10.1. The normalized spacial score (nSPS) is 19.1. The molecule has 5 rings (SSSR count). The molecule has 3 amide bonds. The molecule has 3 aromatic carbocycles. The van der Waals surface area contributed by atoms with Crippen LogP contribution in [-0.4, -0.2) is 60.9 Å². The molecule has 248 valence electrons. The number of hydrogen-bond donors (Lipinski definition) is 3. The predicted octanol–water partition coefficient (Wildman–Crippen LogP) is 6.29. The Morgan fingerprint density at radius 3 is 2.19 bits per heavy atom. The van der Waals surface area contributed by atoms with Gasteiger partial charge in [0.15, 0.2) is 0 Å². The minimum Gasteiger partial charge on any atom is -0.356 e. The van der Waals surface area contributed by atoms with Gasteiger partial charge >= 0.3 is 0 Å². The summed E-state index contributed by atoms with van der Waals surface area (Å²) in [6.07, 6.45) is 11.1. The second-order valence-electron chi connectivity index (χ2n) is 12.8. The van der Waals surface area contributed by atoms with E-state index in [0.29, 0.717) is 51.4 Å². The number of rotatable bonds is 13. The number of nitrogens with one attached hydrogen (secondary N) is 3. The van der Waals surface area contributed by atoms with Crippen LogP contribution in [0.1, 0.15) is 74.0 Å². The summed E-state index contributed by atoms with van der Waals surface area (Å²) < 4.78 is 1.14. The van der Waals surface area contributed by atoms with Crippen LogP contribution in [0.2, 0.25) is 0 Å². The Morgan fingerprint density at radius 1 is 0.872 bits per heavy atom. The number of carbonyl (C=O) groups excluding carboxylic acids is 3. The van der Waals surface area contributed by atoms with Crippen molar-refractivity contribution in [3.05, 3.63) is 111 Å². The fraction of sp³-hybridized carbons (Fsp3) is 0.410. The van der Waals surface area contributed by atoms with E-state index in [4.69, 9.17) is 0 Å². The average Bonchev–Trinajstić information content (AvgIpc) is 3.25. The van der Waals surface area contributed by atoms with Crippen LogP contribution in [0.3, 0.4) is 0 Å². The standard InChI is InChI=1S/C39H47IN4O3/c40-33-19-16-29(17-20-33)18-21-37(45)42-27-34-23-25-44(28-35(31-12-6-2-7-13-31)32-14-8-3-9-15-32)39(47)36(43-34)22-24-41-38(46)26-30-10-4-1-5-11-30/h2-3,6-9,12-21,30,34-36,43H,1,4-5,10-11,22-28H2,(H,41,46)(H,42,45)/b21-18+/t34-,36-/m0/s1. The highest BCUT2D eigenvalue weighted by atomic mass is 127. The molecule has 0 bridgehead atoms. The van der Waals surface area contributed by atoms with E-state index in [1.165, 1.54) is 30.4 Å². The SMILES string of the molecule is O=C(/C=C/c1ccc(I)cc1)NC[C@@H]1CCN(CC(c2ccccc2)c2ccccc2)C(=O)[C@H](CCNC(=O)CC2CCCCC2)N1. The lowest BCUT2D eigenvalue weighted by Crippen LogP contribution is -2.50. The zero-order chi connectivity index (χ0) is 32.8. The van der Waals surface area contributed by atoms with Gasteiger partial charge in [-0.15, -0.1) is 0 Å². The maximum Gasteiger partial charge on any atom is 0.244 e. The Balaban J connectivity index is 1.25. The molecule has 0 radical (unpaired) electrons. The summed E-state index contributed by atoms with van der Waals surface area (Å²) in [6.45, 7) is 1.96. The number of nitrogens with zero attached hydrogens (tertiary/aromatic N) is 1. The lowest BCUT2D eigenvalue weighted by atomic mass is 9.87. The zero-order valence-corrected chi connectivity index (χ0v) is 29.2. The minimum absolute atomic E-state index is 0.0276. The van der Waals surface area contributed by atoms with Gasteiger partial charge in [0.1, 0.15) is 0 Å². The van der Waals surface area contributed by atoms with Crippen LogP contribution in [0.5, 0.6) is 0 Å². The smallest absolute Gasteiger partial charge is 0.244 e. The van der Waals surface area contributed by atoms with Crippen molar-refractivity contribution in [2.45, 2.75) is 69.4 Å². The van der Waals surface area contributed by atoms with Gasteiger partial charge in [0.2, 0.25) is 17.7 Å². The second kappa shape index (κ2) is 18.2. The summed E-state index contributed by atoms with van der Waals surface area (Å²) in [5.74, 6) is 0.442. The Labute approximate surface area is 293 Å². The quantitative estimate of drug-likeness (QED) is 0.142. The maximum absolute atomic E-state index is 14.2. The lowest BCUT2D eigenvalue weighted by Gasteiger charge is -2.29. The van der Waals surface area contributed by atoms with Gasteiger partial charge in [-0.25, -0.2) is 0 Å². The first-order valence-electron chi connectivity index (χ1n) is 17.1. The molecular weight excluding hydrogens is 699 g/mol. The molecular formula is C39H47IN4O3. The molecule has 2 fully saturated rings. The van der Waals surface area contributed by atoms with Gasteiger partial charge in [0.25, 0.3) is 0 Å². The Hall–Kier alpha value is -3.50. The van der Waals surface area contributed by atoms with Crippen LogP contribution in [0, 0.1) is 9.49 Å². The van der Waals surface area contributed by atoms with Gasteiger partial charge in [-0.2, -0.15) is 0 Å². The molecule has 2 atom stereocenters. The van der Waals surface area contributed by atoms with Crippen molar-refractivity contribution in [2.24, 2.45) is 5.92 Å². The number of benzene rings is 3. The van der Waals surface area contributed by atoms with Crippen molar-refractivity contribution in [3.8, 4) is 0 Å². The Morgan fingerprint density at radius 2 is 1.53 bits per heavy atom. The number of hydrogen-bond acceptors (Lipinski definition) is 4. The van der Waals surface area contributed by atoms with E-state index >= 15 is 0 Å². The van der Waals surface area contributed by atoms with Crippen molar-refractivity contribution in [1.82, 2.24) is 20.9 Å². The third-order valence-electron chi connectivity index (χ3n) is 9.37. The largest absolute Gasteiger partial charge is 0.356 e. The first-order chi connectivity index (χ1) is 22.9. The molecule has 0 aromatic heterocycles. The summed E-state index contributed by atoms with van der Waals surface area (Å²) in [7, 11) is 0. The van der Waals surface area contributed by atoms with Gasteiger partial charge in [-0.05, 0) is 89.1 Å². The number of halogens is 1. The van der Waals surface area contributed by atoms with Gasteiger partial charge in [-0.1, -0.05) is 92.1 Å². The second-order valence-corrected chi connectivity index (χ2v) is 14.1. The maximum atomic E-state index is 14.2. The fourth-order valence-electron chi connectivity index (χ4n) is 6.73. The molecule has 1 aliphatic heterocycles. The van der Waals surface area contributed by atoms with Gasteiger partial charge < -0.3 is 20.9 Å². The molecule has 47 heavy (non-hydrogen) atoms. The van der Waals surface area contributed by atoms with E-state index in [0.717, 1.165) is 22.0 Å².